The minimum absolute atomic E-state index is 0.0597. The van der Waals surface area contributed by atoms with Crippen LogP contribution in [0.4, 0.5) is 0 Å². The maximum Gasteiger partial charge on any atom is 0.185 e. The summed E-state index contributed by atoms with van der Waals surface area (Å²) in [6, 6.07) is 16.9. The fourth-order valence-electron chi connectivity index (χ4n) is 1.67. The Hall–Kier alpha value is -1.25. The van der Waals surface area contributed by atoms with Crippen LogP contribution in [0.1, 0.15) is 21.3 Å². The van der Waals surface area contributed by atoms with E-state index in [9.17, 15) is 4.79 Å². The van der Waals surface area contributed by atoms with Crippen LogP contribution in [0, 0.1) is 0 Å². The van der Waals surface area contributed by atoms with Crippen molar-refractivity contribution in [3.05, 3.63) is 65.7 Å². The molecule has 2 rings (SSSR count). The lowest BCUT2D eigenvalue weighted by Crippen LogP contribution is -2.07. The third kappa shape index (κ3) is 2.95. The molecule has 2 aromatic carbocycles. The Labute approximate surface area is 116 Å². The maximum absolute atomic E-state index is 12.2. The van der Waals surface area contributed by atoms with E-state index in [-0.39, 0.29) is 5.78 Å². The summed E-state index contributed by atoms with van der Waals surface area (Å²) in [5, 5.41) is -0.619. The molecule has 0 amide bonds. The lowest BCUT2D eigenvalue weighted by Gasteiger charge is -2.09. The molecule has 0 bridgehead atoms. The number of ketones is 1. The van der Waals surface area contributed by atoms with E-state index in [2.05, 4.69) is 0 Å². The molecule has 1 atom stereocenters. The molecule has 0 saturated carbocycles. The molecule has 92 valence electrons. The van der Waals surface area contributed by atoms with Gasteiger partial charge in [-0.2, -0.15) is 0 Å². The zero-order valence-electron chi connectivity index (χ0n) is 9.97. The van der Waals surface area contributed by atoms with Crippen LogP contribution >= 0.6 is 23.4 Å². The van der Waals surface area contributed by atoms with Crippen molar-refractivity contribution >= 4 is 29.1 Å². The Morgan fingerprint density at radius 3 is 2.22 bits per heavy atom. The van der Waals surface area contributed by atoms with Gasteiger partial charge >= 0.3 is 0 Å². The van der Waals surface area contributed by atoms with Crippen molar-refractivity contribution in [2.24, 2.45) is 0 Å². The van der Waals surface area contributed by atoms with Crippen molar-refractivity contribution in [1.82, 2.24) is 0 Å². The molecule has 0 heterocycles. The molecule has 18 heavy (non-hydrogen) atoms. The number of carbonyl (C=O) groups excluding carboxylic acids is 1. The van der Waals surface area contributed by atoms with E-state index in [1.165, 1.54) is 0 Å². The highest BCUT2D eigenvalue weighted by molar-refractivity contribution is 7.98. The molecule has 0 saturated heterocycles. The molecular formula is C15H13ClOS. The van der Waals surface area contributed by atoms with E-state index < -0.39 is 5.38 Å². The average molecular weight is 277 g/mol. The normalized spacial score (nSPS) is 12.1. The number of alkyl halides is 1. The van der Waals surface area contributed by atoms with Crippen molar-refractivity contribution in [3.63, 3.8) is 0 Å². The van der Waals surface area contributed by atoms with Crippen LogP contribution in [0.15, 0.2) is 59.5 Å². The summed E-state index contributed by atoms with van der Waals surface area (Å²) in [6.45, 7) is 0. The van der Waals surface area contributed by atoms with Crippen molar-refractivity contribution in [1.29, 1.82) is 0 Å². The quantitative estimate of drug-likeness (QED) is 0.462. The summed E-state index contributed by atoms with van der Waals surface area (Å²) < 4.78 is 0. The van der Waals surface area contributed by atoms with E-state index >= 15 is 0 Å². The van der Waals surface area contributed by atoms with E-state index in [4.69, 9.17) is 11.6 Å². The van der Waals surface area contributed by atoms with Gasteiger partial charge in [0.25, 0.3) is 0 Å². The van der Waals surface area contributed by atoms with Crippen molar-refractivity contribution < 1.29 is 4.79 Å². The second kappa shape index (κ2) is 6.07. The second-order valence-corrected chi connectivity index (χ2v) is 5.18. The predicted molar refractivity (Wildman–Crippen MR) is 77.6 cm³/mol. The van der Waals surface area contributed by atoms with Gasteiger partial charge in [0.15, 0.2) is 5.78 Å². The van der Waals surface area contributed by atoms with Crippen LogP contribution in [0.25, 0.3) is 0 Å². The third-order valence-electron chi connectivity index (χ3n) is 2.70. The SMILES string of the molecule is CSc1ccc(C(=O)C(Cl)c2ccccc2)cc1. The molecule has 0 aliphatic heterocycles. The van der Waals surface area contributed by atoms with Gasteiger partial charge in [-0.05, 0) is 24.0 Å². The molecule has 0 aromatic heterocycles. The first kappa shape index (κ1) is 13.2. The van der Waals surface area contributed by atoms with Gasteiger partial charge in [0.2, 0.25) is 0 Å². The lowest BCUT2D eigenvalue weighted by molar-refractivity contribution is 0.0987. The summed E-state index contributed by atoms with van der Waals surface area (Å²) in [7, 11) is 0. The van der Waals surface area contributed by atoms with Gasteiger partial charge in [-0.3, -0.25) is 4.79 Å². The Morgan fingerprint density at radius 1 is 1.06 bits per heavy atom. The highest BCUT2D eigenvalue weighted by atomic mass is 35.5. The van der Waals surface area contributed by atoms with Crippen LogP contribution in [-0.2, 0) is 0 Å². The molecule has 0 aliphatic rings. The molecule has 0 fully saturated rings. The molecule has 2 aromatic rings. The molecule has 3 heteroatoms. The summed E-state index contributed by atoms with van der Waals surface area (Å²) in [4.78, 5) is 13.3. The Morgan fingerprint density at radius 2 is 1.67 bits per heavy atom. The molecule has 0 radical (unpaired) electrons. The van der Waals surface area contributed by atoms with Crippen molar-refractivity contribution in [2.75, 3.05) is 6.26 Å². The molecule has 0 spiro atoms. The molecule has 1 nitrogen and oxygen atoms in total. The molecular weight excluding hydrogens is 264 g/mol. The van der Waals surface area contributed by atoms with Gasteiger partial charge in [-0.1, -0.05) is 42.5 Å². The Balaban J connectivity index is 2.20. The largest absolute Gasteiger partial charge is 0.292 e. The van der Waals surface area contributed by atoms with E-state index in [1.807, 2.05) is 60.9 Å². The first-order chi connectivity index (χ1) is 8.72. The van der Waals surface area contributed by atoms with Crippen LogP contribution < -0.4 is 0 Å². The second-order valence-electron chi connectivity index (χ2n) is 3.87. The Bertz CT molecular complexity index is 522. The first-order valence-corrected chi connectivity index (χ1v) is 7.26. The number of rotatable bonds is 4. The van der Waals surface area contributed by atoms with Gasteiger partial charge in [0.1, 0.15) is 5.38 Å². The highest BCUT2D eigenvalue weighted by Gasteiger charge is 2.18. The zero-order valence-corrected chi connectivity index (χ0v) is 11.5. The standard InChI is InChI=1S/C15H13ClOS/c1-18-13-9-7-12(8-10-13)15(17)14(16)11-5-3-2-4-6-11/h2-10,14H,1H3. The number of carbonyl (C=O) groups is 1. The van der Waals surface area contributed by atoms with Gasteiger partial charge in [0, 0.05) is 10.5 Å². The van der Waals surface area contributed by atoms with E-state index in [1.54, 1.807) is 11.8 Å². The summed E-state index contributed by atoms with van der Waals surface area (Å²) in [6.07, 6.45) is 2.01. The molecule has 0 aliphatic carbocycles. The van der Waals surface area contributed by atoms with E-state index in [0.29, 0.717) is 5.56 Å². The number of thioether (sulfide) groups is 1. The zero-order chi connectivity index (χ0) is 13.0. The smallest absolute Gasteiger partial charge is 0.185 e. The summed E-state index contributed by atoms with van der Waals surface area (Å²) in [5.74, 6) is -0.0597. The van der Waals surface area contributed by atoms with Crippen LogP contribution in [0.5, 0.6) is 0 Å². The molecule has 1 unspecified atom stereocenters. The lowest BCUT2D eigenvalue weighted by atomic mass is 10.0. The Kier molecular flexibility index (Phi) is 4.45. The van der Waals surface area contributed by atoms with Gasteiger partial charge < -0.3 is 0 Å². The number of hydrogen-bond acceptors (Lipinski definition) is 2. The van der Waals surface area contributed by atoms with Gasteiger partial charge in [-0.25, -0.2) is 0 Å². The number of benzene rings is 2. The minimum Gasteiger partial charge on any atom is -0.292 e. The summed E-state index contributed by atoms with van der Waals surface area (Å²) >= 11 is 7.86. The predicted octanol–water partition coefficient (Wildman–Crippen LogP) is 4.57. The van der Waals surface area contributed by atoms with Gasteiger partial charge in [0.05, 0.1) is 0 Å². The number of Topliss-reactive ketones (excluding diaryl/α,β-unsaturated/α-hetero) is 1. The fraction of sp³-hybridized carbons (Fsp3) is 0.133. The average Bonchev–Trinajstić information content (AvgIpc) is 2.47. The number of hydrogen-bond donors (Lipinski definition) is 0. The first-order valence-electron chi connectivity index (χ1n) is 5.59. The van der Waals surface area contributed by atoms with Crippen LogP contribution in [0.2, 0.25) is 0 Å². The third-order valence-corrected chi connectivity index (χ3v) is 3.89. The highest BCUT2D eigenvalue weighted by Crippen LogP contribution is 2.25. The fourth-order valence-corrected chi connectivity index (χ4v) is 2.35. The molecule has 0 N–H and O–H groups in total. The topological polar surface area (TPSA) is 17.1 Å². The van der Waals surface area contributed by atoms with Crippen molar-refractivity contribution in [3.8, 4) is 0 Å². The van der Waals surface area contributed by atoms with Crippen molar-refractivity contribution in [2.45, 2.75) is 10.3 Å². The number of halogens is 1. The monoisotopic (exact) mass is 276 g/mol. The van der Waals surface area contributed by atoms with E-state index in [0.717, 1.165) is 10.5 Å². The minimum atomic E-state index is -0.619. The summed E-state index contributed by atoms with van der Waals surface area (Å²) in [5.41, 5.74) is 1.48. The maximum atomic E-state index is 12.2. The van der Waals surface area contributed by atoms with Crippen LogP contribution in [0.3, 0.4) is 0 Å². The van der Waals surface area contributed by atoms with Crippen LogP contribution in [-0.4, -0.2) is 12.0 Å². The van der Waals surface area contributed by atoms with Gasteiger partial charge in [-0.15, -0.1) is 23.4 Å².